The minimum Gasteiger partial charge on any atom is -0.465 e. The normalized spacial score (nSPS) is 12.5. The lowest BCUT2D eigenvalue weighted by atomic mass is 10.3. The van der Waals surface area contributed by atoms with E-state index in [1.165, 1.54) is 11.8 Å². The summed E-state index contributed by atoms with van der Waals surface area (Å²) < 4.78 is 10.4. The average Bonchev–Trinajstić information content (AvgIpc) is 2.55. The maximum atomic E-state index is 11.6. The molecule has 0 saturated heterocycles. The van der Waals surface area contributed by atoms with Gasteiger partial charge in [-0.3, -0.25) is 4.79 Å². The van der Waals surface area contributed by atoms with Gasteiger partial charge in [-0.15, -0.1) is 0 Å². The van der Waals surface area contributed by atoms with Crippen LogP contribution in [0.1, 0.15) is 31.7 Å². The molecule has 0 saturated carbocycles. The lowest BCUT2D eigenvalue weighted by Gasteiger charge is -2.10. The van der Waals surface area contributed by atoms with Crippen molar-refractivity contribution >= 4 is 17.7 Å². The average molecular weight is 243 g/mol. The first-order valence-electron chi connectivity index (χ1n) is 5.35. The summed E-state index contributed by atoms with van der Waals surface area (Å²) in [6.07, 6.45) is 0.698. The Labute approximate surface area is 99.8 Å². The standard InChI is InChI=1S/C11H17NO3S/c1-5-9(10(13)14-6-2)16-11-12-7(3)8(4)15-11/h9H,5-6H2,1-4H3. The van der Waals surface area contributed by atoms with Crippen molar-refractivity contribution in [1.29, 1.82) is 0 Å². The van der Waals surface area contributed by atoms with E-state index in [1.54, 1.807) is 6.92 Å². The van der Waals surface area contributed by atoms with Crippen LogP contribution in [0.4, 0.5) is 0 Å². The molecule has 1 aromatic rings. The highest BCUT2D eigenvalue weighted by Crippen LogP contribution is 2.27. The summed E-state index contributed by atoms with van der Waals surface area (Å²) in [7, 11) is 0. The number of thioether (sulfide) groups is 1. The molecule has 1 atom stereocenters. The molecule has 0 fully saturated rings. The summed E-state index contributed by atoms with van der Waals surface area (Å²) >= 11 is 1.32. The fourth-order valence-corrected chi connectivity index (χ4v) is 2.09. The van der Waals surface area contributed by atoms with E-state index in [2.05, 4.69) is 4.98 Å². The molecular weight excluding hydrogens is 226 g/mol. The van der Waals surface area contributed by atoms with Gasteiger partial charge in [0.25, 0.3) is 5.22 Å². The second kappa shape index (κ2) is 5.94. The summed E-state index contributed by atoms with van der Waals surface area (Å²) in [6.45, 7) is 7.89. The zero-order valence-electron chi connectivity index (χ0n) is 10.1. The van der Waals surface area contributed by atoms with Crippen LogP contribution in [0.3, 0.4) is 0 Å². The minimum atomic E-state index is -0.239. The molecule has 16 heavy (non-hydrogen) atoms. The van der Waals surface area contributed by atoms with Gasteiger partial charge in [0.1, 0.15) is 11.0 Å². The molecule has 90 valence electrons. The van der Waals surface area contributed by atoms with Crippen LogP contribution < -0.4 is 0 Å². The molecule has 0 radical (unpaired) electrons. The first-order chi connectivity index (χ1) is 7.58. The van der Waals surface area contributed by atoms with Crippen LogP contribution in [-0.4, -0.2) is 22.8 Å². The highest BCUT2D eigenvalue weighted by atomic mass is 32.2. The van der Waals surface area contributed by atoms with Gasteiger partial charge in [0, 0.05) is 0 Å². The minimum absolute atomic E-state index is 0.205. The van der Waals surface area contributed by atoms with Gasteiger partial charge in [-0.25, -0.2) is 4.98 Å². The van der Waals surface area contributed by atoms with Gasteiger partial charge >= 0.3 is 5.97 Å². The third-order valence-electron chi connectivity index (χ3n) is 2.17. The molecule has 1 heterocycles. The molecule has 0 aliphatic carbocycles. The molecule has 1 rings (SSSR count). The molecule has 1 aromatic heterocycles. The van der Waals surface area contributed by atoms with Crippen molar-refractivity contribution < 1.29 is 13.9 Å². The highest BCUT2D eigenvalue weighted by Gasteiger charge is 2.22. The molecule has 1 unspecified atom stereocenters. The van der Waals surface area contributed by atoms with Crippen LogP contribution >= 0.6 is 11.8 Å². The van der Waals surface area contributed by atoms with Crippen molar-refractivity contribution in [3.63, 3.8) is 0 Å². The first-order valence-corrected chi connectivity index (χ1v) is 6.23. The van der Waals surface area contributed by atoms with Gasteiger partial charge in [-0.1, -0.05) is 18.7 Å². The van der Waals surface area contributed by atoms with E-state index < -0.39 is 0 Å². The number of carbonyl (C=O) groups excluding carboxylic acids is 1. The number of esters is 1. The molecule has 0 N–H and O–H groups in total. The summed E-state index contributed by atoms with van der Waals surface area (Å²) in [5.74, 6) is 0.588. The Balaban J connectivity index is 2.66. The van der Waals surface area contributed by atoms with E-state index in [4.69, 9.17) is 9.15 Å². The molecule has 0 amide bonds. The molecular formula is C11H17NO3S. The van der Waals surface area contributed by atoms with E-state index in [0.717, 1.165) is 11.5 Å². The Morgan fingerprint density at radius 2 is 2.19 bits per heavy atom. The van der Waals surface area contributed by atoms with Crippen molar-refractivity contribution in [2.45, 2.75) is 44.6 Å². The van der Waals surface area contributed by atoms with Crippen LogP contribution in [-0.2, 0) is 9.53 Å². The van der Waals surface area contributed by atoms with E-state index in [0.29, 0.717) is 18.3 Å². The maximum Gasteiger partial charge on any atom is 0.319 e. The Bertz CT molecular complexity index is 343. The lowest BCUT2D eigenvalue weighted by molar-refractivity contribution is -0.142. The summed E-state index contributed by atoms with van der Waals surface area (Å²) in [6, 6.07) is 0. The van der Waals surface area contributed by atoms with Crippen LogP contribution in [0.5, 0.6) is 0 Å². The summed E-state index contributed by atoms with van der Waals surface area (Å²) in [5.41, 5.74) is 0.862. The zero-order valence-corrected chi connectivity index (χ0v) is 10.9. The molecule has 0 bridgehead atoms. The predicted molar refractivity (Wildman–Crippen MR) is 62.5 cm³/mol. The van der Waals surface area contributed by atoms with E-state index in [1.807, 2.05) is 20.8 Å². The van der Waals surface area contributed by atoms with E-state index >= 15 is 0 Å². The largest absolute Gasteiger partial charge is 0.465 e. The lowest BCUT2D eigenvalue weighted by Crippen LogP contribution is -2.19. The van der Waals surface area contributed by atoms with Crippen LogP contribution in [0.25, 0.3) is 0 Å². The third kappa shape index (κ3) is 3.27. The van der Waals surface area contributed by atoms with Crippen LogP contribution in [0, 0.1) is 13.8 Å². The molecule has 0 aliphatic heterocycles. The topological polar surface area (TPSA) is 52.3 Å². The van der Waals surface area contributed by atoms with Gasteiger partial charge in [0.05, 0.1) is 12.3 Å². The Morgan fingerprint density at radius 3 is 2.62 bits per heavy atom. The highest BCUT2D eigenvalue weighted by molar-refractivity contribution is 8.00. The van der Waals surface area contributed by atoms with Crippen molar-refractivity contribution in [2.24, 2.45) is 0 Å². The number of aromatic nitrogens is 1. The number of hydrogen-bond donors (Lipinski definition) is 0. The number of carbonyl (C=O) groups is 1. The van der Waals surface area contributed by atoms with Crippen molar-refractivity contribution in [3.05, 3.63) is 11.5 Å². The Hall–Kier alpha value is -0.970. The van der Waals surface area contributed by atoms with Crippen molar-refractivity contribution in [3.8, 4) is 0 Å². The fourth-order valence-electron chi connectivity index (χ4n) is 1.15. The third-order valence-corrected chi connectivity index (χ3v) is 3.36. The van der Waals surface area contributed by atoms with Gasteiger partial charge < -0.3 is 9.15 Å². The summed E-state index contributed by atoms with van der Waals surface area (Å²) in [5, 5.41) is 0.298. The number of hydrogen-bond acceptors (Lipinski definition) is 5. The van der Waals surface area contributed by atoms with Gasteiger partial charge in [-0.05, 0) is 27.2 Å². The van der Waals surface area contributed by atoms with E-state index in [-0.39, 0.29) is 11.2 Å². The Morgan fingerprint density at radius 1 is 1.50 bits per heavy atom. The van der Waals surface area contributed by atoms with Gasteiger partial charge in [0.15, 0.2) is 0 Å². The molecule has 4 nitrogen and oxygen atoms in total. The zero-order chi connectivity index (χ0) is 12.1. The van der Waals surface area contributed by atoms with E-state index in [9.17, 15) is 4.79 Å². The maximum absolute atomic E-state index is 11.6. The number of oxazole rings is 1. The van der Waals surface area contributed by atoms with Crippen molar-refractivity contribution in [2.75, 3.05) is 6.61 Å². The quantitative estimate of drug-likeness (QED) is 0.588. The second-order valence-electron chi connectivity index (χ2n) is 3.39. The number of nitrogens with zero attached hydrogens (tertiary/aromatic N) is 1. The van der Waals surface area contributed by atoms with Crippen LogP contribution in [0.15, 0.2) is 9.64 Å². The molecule has 5 heteroatoms. The molecule has 0 spiro atoms. The fraction of sp³-hybridized carbons (Fsp3) is 0.636. The van der Waals surface area contributed by atoms with Crippen molar-refractivity contribution in [1.82, 2.24) is 4.98 Å². The summed E-state index contributed by atoms with van der Waals surface area (Å²) in [4.78, 5) is 15.8. The SMILES string of the molecule is CCOC(=O)C(CC)Sc1nc(C)c(C)o1. The number of rotatable bonds is 5. The smallest absolute Gasteiger partial charge is 0.319 e. The Kier molecular flexibility index (Phi) is 4.86. The number of aryl methyl sites for hydroxylation is 2. The van der Waals surface area contributed by atoms with Crippen LogP contribution in [0.2, 0.25) is 0 Å². The second-order valence-corrected chi connectivity index (χ2v) is 4.54. The number of ether oxygens (including phenoxy) is 1. The monoisotopic (exact) mass is 243 g/mol. The molecule has 0 aromatic carbocycles. The molecule has 0 aliphatic rings. The predicted octanol–water partition coefficient (Wildman–Crippen LogP) is 2.73. The van der Waals surface area contributed by atoms with Gasteiger partial charge in [-0.2, -0.15) is 0 Å². The first kappa shape index (κ1) is 13.1. The van der Waals surface area contributed by atoms with Gasteiger partial charge in [0.2, 0.25) is 0 Å².